The van der Waals surface area contributed by atoms with Crippen molar-refractivity contribution in [3.63, 3.8) is 0 Å². The SMILES string of the molecule is CN(C(=O)[C@@]12C[C@H]3OC(=O)[C@@H]1N(Cc1ccccc1I)O[C@@H]2[C@H]1OC(c2ccccc2)(c2ccccc2)O[C@H]13)[C@H](Cc1ccccc1)C(=O)NCCO. The molecule has 1 aliphatic carbocycles. The Labute approximate surface area is 321 Å². The van der Waals surface area contributed by atoms with E-state index in [0.717, 1.165) is 25.8 Å². The third-order valence-corrected chi connectivity index (χ3v) is 12.0. The van der Waals surface area contributed by atoms with Gasteiger partial charge in [-0.25, -0.2) is 0 Å². The van der Waals surface area contributed by atoms with Gasteiger partial charge in [-0.1, -0.05) is 109 Å². The van der Waals surface area contributed by atoms with Gasteiger partial charge < -0.3 is 29.5 Å². The number of esters is 1. The summed E-state index contributed by atoms with van der Waals surface area (Å²) in [5, 5.41) is 13.9. The summed E-state index contributed by atoms with van der Waals surface area (Å²) in [4.78, 5) is 51.9. The van der Waals surface area contributed by atoms with Gasteiger partial charge in [0.2, 0.25) is 17.6 Å². The van der Waals surface area contributed by atoms with E-state index in [0.29, 0.717) is 0 Å². The lowest BCUT2D eigenvalue weighted by molar-refractivity contribution is -0.214. The van der Waals surface area contributed by atoms with E-state index >= 15 is 4.79 Å². The molecule has 8 rings (SSSR count). The molecule has 7 atom stereocenters. The molecular weight excluding hydrogens is 789 g/mol. The highest BCUT2D eigenvalue weighted by Crippen LogP contribution is 2.59. The fourth-order valence-electron chi connectivity index (χ4n) is 8.47. The molecule has 1 saturated carbocycles. The van der Waals surface area contributed by atoms with Crippen LogP contribution in [0, 0.1) is 8.99 Å². The van der Waals surface area contributed by atoms with E-state index in [2.05, 4.69) is 27.9 Å². The molecule has 2 N–H and O–H groups in total. The Kier molecular flexibility index (Phi) is 9.85. The minimum Gasteiger partial charge on any atom is -0.458 e. The highest BCUT2D eigenvalue weighted by atomic mass is 127. The summed E-state index contributed by atoms with van der Waals surface area (Å²) in [6, 6.07) is 34.3. The van der Waals surface area contributed by atoms with E-state index in [9.17, 15) is 14.7 Å². The molecule has 0 aromatic heterocycles. The number of hydrogen-bond donors (Lipinski definition) is 2. The van der Waals surface area contributed by atoms with Crippen molar-refractivity contribution in [1.29, 1.82) is 0 Å². The number of hydrogen-bond acceptors (Lipinski definition) is 9. The molecule has 3 aliphatic heterocycles. The van der Waals surface area contributed by atoms with Crippen molar-refractivity contribution >= 4 is 40.4 Å². The second-order valence-corrected chi connectivity index (χ2v) is 15.1. The molecule has 4 aromatic carbocycles. The average Bonchev–Trinajstić information content (AvgIpc) is 3.77. The van der Waals surface area contributed by atoms with Gasteiger partial charge in [-0.2, -0.15) is 5.06 Å². The predicted octanol–water partition coefficient (Wildman–Crippen LogP) is 3.95. The number of ether oxygens (including phenoxy) is 3. The van der Waals surface area contributed by atoms with Gasteiger partial charge in [0.1, 0.15) is 35.9 Å². The largest absolute Gasteiger partial charge is 0.458 e. The number of halogens is 1. The van der Waals surface area contributed by atoms with Crippen LogP contribution in [0.15, 0.2) is 115 Å². The molecule has 4 fully saturated rings. The monoisotopic (exact) mass is 829 g/mol. The van der Waals surface area contributed by atoms with E-state index in [4.69, 9.17) is 19.0 Å². The van der Waals surface area contributed by atoms with Crippen LogP contribution < -0.4 is 5.32 Å². The molecule has 2 amide bonds. The fourth-order valence-corrected chi connectivity index (χ4v) is 9.03. The van der Waals surface area contributed by atoms with E-state index in [1.165, 1.54) is 4.90 Å². The van der Waals surface area contributed by atoms with Gasteiger partial charge in [-0.05, 0) is 39.8 Å². The number of hydroxylamine groups is 2. The van der Waals surface area contributed by atoms with Crippen LogP contribution in [0.4, 0.5) is 0 Å². The average molecular weight is 830 g/mol. The van der Waals surface area contributed by atoms with Crippen LogP contribution in [0.25, 0.3) is 0 Å². The molecule has 0 radical (unpaired) electrons. The van der Waals surface area contributed by atoms with Gasteiger partial charge in [0.15, 0.2) is 6.04 Å². The number of amides is 2. The van der Waals surface area contributed by atoms with Crippen molar-refractivity contribution < 1.29 is 38.5 Å². The Morgan fingerprint density at radius 1 is 0.906 bits per heavy atom. The third-order valence-electron chi connectivity index (χ3n) is 10.9. The smallest absolute Gasteiger partial charge is 0.327 e. The van der Waals surface area contributed by atoms with Crippen LogP contribution >= 0.6 is 22.6 Å². The van der Waals surface area contributed by atoms with Crippen molar-refractivity contribution in [1.82, 2.24) is 15.3 Å². The van der Waals surface area contributed by atoms with Crippen molar-refractivity contribution in [3.8, 4) is 0 Å². The quantitative estimate of drug-likeness (QED) is 0.171. The van der Waals surface area contributed by atoms with Gasteiger partial charge in [0.25, 0.3) is 0 Å². The number of aliphatic hydroxyl groups is 1. The van der Waals surface area contributed by atoms with Crippen LogP contribution in [-0.2, 0) is 52.2 Å². The molecule has 12 heteroatoms. The number of fused-ring (bicyclic) bond motifs is 4. The lowest BCUT2D eigenvalue weighted by atomic mass is 9.62. The fraction of sp³-hybridized carbons (Fsp3) is 0.341. The van der Waals surface area contributed by atoms with Crippen molar-refractivity contribution in [2.75, 3.05) is 20.2 Å². The number of nitrogens with zero attached hydrogens (tertiary/aromatic N) is 2. The first-order chi connectivity index (χ1) is 25.8. The highest BCUT2D eigenvalue weighted by molar-refractivity contribution is 14.1. The number of carbonyl (C=O) groups excluding carboxylic acids is 3. The number of likely N-dealkylation sites (N-methyl/N-ethyl adjacent to an activating group) is 1. The number of nitrogens with one attached hydrogen (secondary N) is 1. The molecule has 53 heavy (non-hydrogen) atoms. The molecule has 2 bridgehead atoms. The van der Waals surface area contributed by atoms with Crippen molar-refractivity contribution in [2.45, 2.75) is 61.7 Å². The van der Waals surface area contributed by atoms with Gasteiger partial charge in [0, 0.05) is 41.1 Å². The molecule has 0 unspecified atom stereocenters. The Hall–Kier alpha value is -4.18. The van der Waals surface area contributed by atoms with Crippen LogP contribution in [0.1, 0.15) is 28.7 Å². The second-order valence-electron chi connectivity index (χ2n) is 14.0. The summed E-state index contributed by atoms with van der Waals surface area (Å²) in [7, 11) is 1.60. The molecular formula is C41H40IN3O8. The summed E-state index contributed by atoms with van der Waals surface area (Å²) < 4.78 is 21.3. The van der Waals surface area contributed by atoms with E-state index < -0.39 is 65.5 Å². The molecule has 0 spiro atoms. The predicted molar refractivity (Wildman–Crippen MR) is 201 cm³/mol. The topological polar surface area (TPSA) is 127 Å². The molecule has 3 heterocycles. The maximum Gasteiger partial charge on any atom is 0.327 e. The highest BCUT2D eigenvalue weighted by Gasteiger charge is 2.77. The first kappa shape index (κ1) is 35.8. The minimum atomic E-state index is -1.50. The van der Waals surface area contributed by atoms with Crippen LogP contribution in [0.5, 0.6) is 0 Å². The molecule has 4 aliphatic rings. The number of carbonyl (C=O) groups is 3. The summed E-state index contributed by atoms with van der Waals surface area (Å²) in [5.74, 6) is -2.84. The third kappa shape index (κ3) is 6.15. The van der Waals surface area contributed by atoms with Gasteiger partial charge in [0.05, 0.1) is 13.2 Å². The molecule has 274 valence electrons. The summed E-state index contributed by atoms with van der Waals surface area (Å²) in [6.45, 7) is -0.0291. The Morgan fingerprint density at radius 2 is 1.51 bits per heavy atom. The molecule has 11 nitrogen and oxygen atoms in total. The Balaban J connectivity index is 1.24. The summed E-state index contributed by atoms with van der Waals surface area (Å²) in [6.07, 6.45) is -3.14. The molecule has 4 aromatic rings. The zero-order chi connectivity index (χ0) is 36.7. The minimum absolute atomic E-state index is 0.0273. The number of aliphatic hydroxyl groups excluding tert-OH is 1. The zero-order valence-electron chi connectivity index (χ0n) is 29.0. The van der Waals surface area contributed by atoms with Crippen LogP contribution in [0.2, 0.25) is 0 Å². The summed E-state index contributed by atoms with van der Waals surface area (Å²) in [5.41, 5.74) is 1.74. The van der Waals surface area contributed by atoms with E-state index in [1.807, 2.05) is 115 Å². The normalized spacial score (nSPS) is 27.4. The van der Waals surface area contributed by atoms with Crippen LogP contribution in [-0.4, -0.2) is 89.6 Å². The van der Waals surface area contributed by atoms with E-state index in [-0.39, 0.29) is 32.5 Å². The number of rotatable bonds is 11. The van der Waals surface area contributed by atoms with Crippen LogP contribution in [0.3, 0.4) is 0 Å². The van der Waals surface area contributed by atoms with Gasteiger partial charge in [-0.3, -0.25) is 19.2 Å². The zero-order valence-corrected chi connectivity index (χ0v) is 31.2. The first-order valence-electron chi connectivity index (χ1n) is 17.8. The molecule has 3 saturated heterocycles. The Bertz CT molecular complexity index is 1930. The number of benzene rings is 4. The lowest BCUT2D eigenvalue weighted by Gasteiger charge is -2.50. The van der Waals surface area contributed by atoms with Gasteiger partial charge in [-0.15, -0.1) is 0 Å². The maximum atomic E-state index is 15.5. The van der Waals surface area contributed by atoms with E-state index in [1.54, 1.807) is 12.1 Å². The lowest BCUT2D eigenvalue weighted by Crippen LogP contribution is -2.70. The van der Waals surface area contributed by atoms with Crippen molar-refractivity contribution in [3.05, 3.63) is 141 Å². The second kappa shape index (κ2) is 14.6. The first-order valence-corrected chi connectivity index (χ1v) is 18.9. The standard InChI is InChI=1S/C41H40IN3O8/c1-44(31(37(47)43-21-22-46)23-26-13-5-2-6-14-26)39(49)40-24-32-33-34(52-41(51-33,28-16-7-3-8-17-28)29-18-9-4-10-19-29)36(40)53-45(35(40)38(48)50-32)25-27-15-11-12-20-30(27)42/h2-20,31-36,46H,21-25H2,1H3,(H,43,47)/t31-,32-,33+,34+,35+,36-,40+/m1/s1. The Morgan fingerprint density at radius 3 is 2.15 bits per heavy atom. The maximum absolute atomic E-state index is 15.5. The van der Waals surface area contributed by atoms with Gasteiger partial charge >= 0.3 is 5.97 Å². The van der Waals surface area contributed by atoms with Crippen molar-refractivity contribution in [2.24, 2.45) is 5.41 Å². The summed E-state index contributed by atoms with van der Waals surface area (Å²) >= 11 is 2.25.